The molecule has 0 unspecified atom stereocenters. The molecule has 0 amide bonds. The maximum atomic E-state index is 10.2. The molecule has 0 heterocycles. The van der Waals surface area contributed by atoms with E-state index in [1.807, 2.05) is 0 Å². The highest BCUT2D eigenvalue weighted by atomic mass is 32.3. The van der Waals surface area contributed by atoms with Gasteiger partial charge in [-0.05, 0) is 18.8 Å². The molecule has 0 aliphatic heterocycles. The molecule has 1 saturated carbocycles. The van der Waals surface area contributed by atoms with Gasteiger partial charge in [0.25, 0.3) is 0 Å². The predicted molar refractivity (Wildman–Crippen MR) is 48.7 cm³/mol. The molecule has 0 aromatic heterocycles. The topological polar surface area (TPSA) is 63.6 Å². The largest absolute Gasteiger partial charge is 0.397 e. The van der Waals surface area contributed by atoms with Crippen molar-refractivity contribution in [2.45, 2.75) is 38.5 Å². The molecular formula is C8H16O4S. The molecule has 0 aromatic carbocycles. The summed E-state index contributed by atoms with van der Waals surface area (Å²) in [5.74, 6) is 0.741. The SMILES string of the molecule is O=S(=O)(O)OCCCC1CCCC1. The second kappa shape index (κ2) is 4.93. The first-order valence-electron chi connectivity index (χ1n) is 4.70. The smallest absolute Gasteiger partial charge is 0.264 e. The van der Waals surface area contributed by atoms with Crippen LogP contribution in [0.3, 0.4) is 0 Å². The molecular weight excluding hydrogens is 192 g/mol. The van der Waals surface area contributed by atoms with Crippen molar-refractivity contribution in [2.24, 2.45) is 5.92 Å². The van der Waals surface area contributed by atoms with E-state index >= 15 is 0 Å². The van der Waals surface area contributed by atoms with E-state index in [0.717, 1.165) is 12.3 Å². The Labute approximate surface area is 79.2 Å². The van der Waals surface area contributed by atoms with Crippen LogP contribution in [-0.4, -0.2) is 19.6 Å². The van der Waals surface area contributed by atoms with E-state index in [0.29, 0.717) is 6.42 Å². The lowest BCUT2D eigenvalue weighted by molar-refractivity contribution is 0.255. The molecule has 1 N–H and O–H groups in total. The van der Waals surface area contributed by atoms with Crippen molar-refractivity contribution in [3.8, 4) is 0 Å². The molecule has 1 rings (SSSR count). The summed E-state index contributed by atoms with van der Waals surface area (Å²) in [6, 6.07) is 0. The Kier molecular flexibility index (Phi) is 4.15. The Hall–Kier alpha value is -0.130. The molecule has 1 fully saturated rings. The molecule has 1 aliphatic rings. The summed E-state index contributed by atoms with van der Waals surface area (Å²) >= 11 is 0. The first-order valence-corrected chi connectivity index (χ1v) is 6.06. The summed E-state index contributed by atoms with van der Waals surface area (Å²) < 4.78 is 32.8. The highest BCUT2D eigenvalue weighted by Gasteiger charge is 2.14. The van der Waals surface area contributed by atoms with Crippen LogP contribution >= 0.6 is 0 Å². The summed E-state index contributed by atoms with van der Waals surface area (Å²) in [4.78, 5) is 0. The standard InChI is InChI=1S/C8H16O4S/c9-13(10,11)12-7-3-6-8-4-1-2-5-8/h8H,1-7H2,(H,9,10,11). The first-order chi connectivity index (χ1) is 6.08. The van der Waals surface area contributed by atoms with Gasteiger partial charge in [-0.3, -0.25) is 4.55 Å². The van der Waals surface area contributed by atoms with E-state index in [9.17, 15) is 8.42 Å². The molecule has 0 spiro atoms. The molecule has 0 bridgehead atoms. The third kappa shape index (κ3) is 5.23. The summed E-state index contributed by atoms with van der Waals surface area (Å²) in [7, 11) is -4.22. The number of hydrogen-bond donors (Lipinski definition) is 1. The minimum Gasteiger partial charge on any atom is -0.264 e. The Bertz CT molecular complexity index is 229. The van der Waals surface area contributed by atoms with Crippen molar-refractivity contribution in [3.05, 3.63) is 0 Å². The highest BCUT2D eigenvalue weighted by molar-refractivity contribution is 7.80. The normalized spacial score (nSPS) is 19.5. The predicted octanol–water partition coefficient (Wildman–Crippen LogP) is 1.78. The van der Waals surface area contributed by atoms with Gasteiger partial charge in [0.15, 0.2) is 0 Å². The van der Waals surface area contributed by atoms with E-state index in [4.69, 9.17) is 4.55 Å². The van der Waals surface area contributed by atoms with Crippen LogP contribution in [0.1, 0.15) is 38.5 Å². The highest BCUT2D eigenvalue weighted by Crippen LogP contribution is 2.28. The van der Waals surface area contributed by atoms with E-state index in [1.54, 1.807) is 0 Å². The van der Waals surface area contributed by atoms with Crippen LogP contribution in [0, 0.1) is 5.92 Å². The molecule has 13 heavy (non-hydrogen) atoms. The molecule has 0 atom stereocenters. The van der Waals surface area contributed by atoms with Crippen molar-refractivity contribution in [3.63, 3.8) is 0 Å². The van der Waals surface area contributed by atoms with Gasteiger partial charge in [-0.25, -0.2) is 4.18 Å². The molecule has 0 saturated heterocycles. The summed E-state index contributed by atoms with van der Waals surface area (Å²) in [5.41, 5.74) is 0. The van der Waals surface area contributed by atoms with Gasteiger partial charge < -0.3 is 0 Å². The zero-order chi connectivity index (χ0) is 9.73. The van der Waals surface area contributed by atoms with Gasteiger partial charge in [-0.2, -0.15) is 8.42 Å². The third-order valence-corrected chi connectivity index (χ3v) is 2.93. The van der Waals surface area contributed by atoms with Crippen LogP contribution in [0.25, 0.3) is 0 Å². The van der Waals surface area contributed by atoms with Crippen LogP contribution in [0.4, 0.5) is 0 Å². The molecule has 78 valence electrons. The minimum atomic E-state index is -4.22. The maximum Gasteiger partial charge on any atom is 0.397 e. The quantitative estimate of drug-likeness (QED) is 0.552. The van der Waals surface area contributed by atoms with Crippen molar-refractivity contribution >= 4 is 10.4 Å². The van der Waals surface area contributed by atoms with Crippen molar-refractivity contribution in [1.82, 2.24) is 0 Å². The Morgan fingerprint density at radius 3 is 2.46 bits per heavy atom. The first kappa shape index (κ1) is 10.9. The lowest BCUT2D eigenvalue weighted by Gasteiger charge is -2.06. The lowest BCUT2D eigenvalue weighted by Crippen LogP contribution is -2.06. The van der Waals surface area contributed by atoms with Crippen LogP contribution in [0.2, 0.25) is 0 Å². The van der Waals surface area contributed by atoms with Crippen LogP contribution in [0.15, 0.2) is 0 Å². The van der Waals surface area contributed by atoms with Crippen LogP contribution in [0.5, 0.6) is 0 Å². The maximum absolute atomic E-state index is 10.2. The Morgan fingerprint density at radius 1 is 1.31 bits per heavy atom. The fourth-order valence-corrected chi connectivity index (χ4v) is 2.16. The number of rotatable bonds is 5. The van der Waals surface area contributed by atoms with Gasteiger partial charge in [0.2, 0.25) is 0 Å². The van der Waals surface area contributed by atoms with Gasteiger partial charge in [0, 0.05) is 0 Å². The van der Waals surface area contributed by atoms with Crippen molar-refractivity contribution in [1.29, 1.82) is 0 Å². The fourth-order valence-electron chi connectivity index (χ4n) is 1.84. The molecule has 0 aromatic rings. The Morgan fingerprint density at radius 2 is 1.92 bits per heavy atom. The Balaban J connectivity index is 2.01. The van der Waals surface area contributed by atoms with Gasteiger partial charge >= 0.3 is 10.4 Å². The van der Waals surface area contributed by atoms with Gasteiger partial charge in [-0.15, -0.1) is 0 Å². The van der Waals surface area contributed by atoms with E-state index < -0.39 is 10.4 Å². The zero-order valence-electron chi connectivity index (χ0n) is 7.61. The molecule has 4 nitrogen and oxygen atoms in total. The van der Waals surface area contributed by atoms with Crippen LogP contribution in [-0.2, 0) is 14.6 Å². The second-order valence-corrected chi connectivity index (χ2v) is 4.63. The van der Waals surface area contributed by atoms with Gasteiger partial charge in [0.05, 0.1) is 6.61 Å². The average molecular weight is 208 g/mol. The van der Waals surface area contributed by atoms with Crippen molar-refractivity contribution < 1.29 is 17.2 Å². The van der Waals surface area contributed by atoms with Gasteiger partial charge in [-0.1, -0.05) is 25.7 Å². The van der Waals surface area contributed by atoms with Crippen LogP contribution < -0.4 is 0 Å². The van der Waals surface area contributed by atoms with E-state index in [1.165, 1.54) is 25.7 Å². The van der Waals surface area contributed by atoms with E-state index in [2.05, 4.69) is 4.18 Å². The minimum absolute atomic E-state index is 0.106. The lowest BCUT2D eigenvalue weighted by atomic mass is 10.0. The molecule has 0 radical (unpaired) electrons. The number of hydrogen-bond acceptors (Lipinski definition) is 3. The third-order valence-electron chi connectivity index (χ3n) is 2.46. The van der Waals surface area contributed by atoms with Gasteiger partial charge in [0.1, 0.15) is 0 Å². The summed E-state index contributed by atoms with van der Waals surface area (Å²) in [5, 5.41) is 0. The second-order valence-electron chi connectivity index (χ2n) is 3.54. The fraction of sp³-hybridized carbons (Fsp3) is 1.00. The zero-order valence-corrected chi connectivity index (χ0v) is 8.42. The molecule has 5 heteroatoms. The van der Waals surface area contributed by atoms with E-state index in [-0.39, 0.29) is 6.61 Å². The van der Waals surface area contributed by atoms with Crippen molar-refractivity contribution in [2.75, 3.05) is 6.61 Å². The monoisotopic (exact) mass is 208 g/mol. The summed E-state index contributed by atoms with van der Waals surface area (Å²) in [6.45, 7) is 0.106. The molecule has 1 aliphatic carbocycles. The summed E-state index contributed by atoms with van der Waals surface area (Å²) in [6.07, 6.45) is 6.82. The average Bonchev–Trinajstić information content (AvgIpc) is 2.48.